The molecule has 2 aromatic rings. The number of ether oxygens (including phenoxy) is 3. The molecule has 0 amide bonds. The molecule has 0 saturated heterocycles. The summed E-state index contributed by atoms with van der Waals surface area (Å²) < 4.78 is 29.6. The van der Waals surface area contributed by atoms with Crippen molar-refractivity contribution in [2.45, 2.75) is 6.54 Å². The van der Waals surface area contributed by atoms with E-state index in [2.05, 4.69) is 10.6 Å². The average Bonchev–Trinajstić information content (AvgIpc) is 2.60. The maximum absolute atomic E-state index is 13.6. The highest BCUT2D eigenvalue weighted by Crippen LogP contribution is 2.39. The van der Waals surface area contributed by atoms with Crippen molar-refractivity contribution < 1.29 is 18.6 Å². The molecule has 0 aliphatic heterocycles. The van der Waals surface area contributed by atoms with E-state index in [0.29, 0.717) is 34.6 Å². The molecule has 0 heterocycles. The molecule has 0 atom stereocenters. The molecule has 0 fully saturated rings. The van der Waals surface area contributed by atoms with Gasteiger partial charge in [0.05, 0.1) is 27.0 Å². The maximum atomic E-state index is 13.6. The Morgan fingerprint density at radius 1 is 1.00 bits per heavy atom. The van der Waals surface area contributed by atoms with E-state index in [0.717, 1.165) is 5.56 Å². The largest absolute Gasteiger partial charge is 0.493 e. The number of halogens is 1. The Labute approximate surface area is 145 Å². The third-order valence-electron chi connectivity index (χ3n) is 3.35. The van der Waals surface area contributed by atoms with Gasteiger partial charge in [-0.2, -0.15) is 0 Å². The molecule has 0 aliphatic carbocycles. The highest BCUT2D eigenvalue weighted by molar-refractivity contribution is 7.80. The van der Waals surface area contributed by atoms with Crippen molar-refractivity contribution >= 4 is 23.0 Å². The van der Waals surface area contributed by atoms with Gasteiger partial charge in [0.2, 0.25) is 5.75 Å². The molecule has 2 N–H and O–H groups in total. The molecular formula is C17H19FN2O3S. The van der Waals surface area contributed by atoms with E-state index in [9.17, 15) is 4.39 Å². The number of methoxy groups -OCH3 is 3. The Hall–Kier alpha value is -2.54. The second kappa shape index (κ2) is 8.35. The van der Waals surface area contributed by atoms with Gasteiger partial charge >= 0.3 is 0 Å². The summed E-state index contributed by atoms with van der Waals surface area (Å²) in [7, 11) is 4.65. The first-order chi connectivity index (χ1) is 11.6. The van der Waals surface area contributed by atoms with Crippen LogP contribution >= 0.6 is 12.2 Å². The molecule has 0 radical (unpaired) electrons. The number of para-hydroxylation sites is 1. The molecule has 2 rings (SSSR count). The van der Waals surface area contributed by atoms with Crippen LogP contribution in [0.4, 0.5) is 10.1 Å². The average molecular weight is 350 g/mol. The van der Waals surface area contributed by atoms with Gasteiger partial charge in [0.25, 0.3) is 0 Å². The summed E-state index contributed by atoms with van der Waals surface area (Å²) in [6.07, 6.45) is 0. The summed E-state index contributed by atoms with van der Waals surface area (Å²) in [5.74, 6) is 1.26. The summed E-state index contributed by atoms with van der Waals surface area (Å²) in [4.78, 5) is 0. The van der Waals surface area contributed by atoms with Crippen molar-refractivity contribution in [1.29, 1.82) is 0 Å². The Bertz CT molecular complexity index is 725. The van der Waals surface area contributed by atoms with Gasteiger partial charge in [-0.05, 0) is 36.5 Å². The van der Waals surface area contributed by atoms with Crippen molar-refractivity contribution in [2.75, 3.05) is 26.6 Å². The molecule has 0 aliphatic rings. The lowest BCUT2D eigenvalue weighted by molar-refractivity contribution is 0.322. The van der Waals surface area contributed by atoms with E-state index in [1.165, 1.54) is 6.07 Å². The topological polar surface area (TPSA) is 51.8 Å². The number of hydrogen-bond acceptors (Lipinski definition) is 4. The smallest absolute Gasteiger partial charge is 0.203 e. The van der Waals surface area contributed by atoms with Crippen molar-refractivity contribution in [3.63, 3.8) is 0 Å². The fraction of sp³-hybridized carbons (Fsp3) is 0.235. The SMILES string of the molecule is COc1ccc(CNC(=S)Nc2ccccc2F)c(OC)c1OC. The van der Waals surface area contributed by atoms with Crippen LogP contribution in [-0.2, 0) is 6.54 Å². The predicted molar refractivity (Wildman–Crippen MR) is 95.6 cm³/mol. The van der Waals surface area contributed by atoms with Gasteiger partial charge in [-0.1, -0.05) is 12.1 Å². The number of benzene rings is 2. The molecule has 24 heavy (non-hydrogen) atoms. The first-order valence-electron chi connectivity index (χ1n) is 7.18. The van der Waals surface area contributed by atoms with Crippen molar-refractivity contribution in [3.8, 4) is 17.2 Å². The molecule has 7 heteroatoms. The molecule has 0 unspecified atom stereocenters. The zero-order chi connectivity index (χ0) is 17.5. The van der Waals surface area contributed by atoms with Crippen LogP contribution in [0.5, 0.6) is 17.2 Å². The molecule has 0 aromatic heterocycles. The Balaban J connectivity index is 2.09. The highest BCUT2D eigenvalue weighted by atomic mass is 32.1. The van der Waals surface area contributed by atoms with E-state index in [1.807, 2.05) is 6.07 Å². The van der Waals surface area contributed by atoms with Crippen LogP contribution in [0.1, 0.15) is 5.56 Å². The molecule has 0 saturated carbocycles. The van der Waals surface area contributed by atoms with Crippen LogP contribution in [0.25, 0.3) is 0 Å². The molecular weight excluding hydrogens is 331 g/mol. The van der Waals surface area contributed by atoms with Gasteiger partial charge in [0, 0.05) is 12.1 Å². The summed E-state index contributed by atoms with van der Waals surface area (Å²) in [5.41, 5.74) is 1.14. The number of rotatable bonds is 6. The molecule has 5 nitrogen and oxygen atoms in total. The number of hydrogen-bond donors (Lipinski definition) is 2. The van der Waals surface area contributed by atoms with Gasteiger partial charge in [0.15, 0.2) is 16.6 Å². The third-order valence-corrected chi connectivity index (χ3v) is 3.59. The predicted octanol–water partition coefficient (Wildman–Crippen LogP) is 3.34. The summed E-state index contributed by atoms with van der Waals surface area (Å²) in [5, 5.41) is 6.14. The van der Waals surface area contributed by atoms with Crippen LogP contribution in [-0.4, -0.2) is 26.4 Å². The quantitative estimate of drug-likeness (QED) is 0.780. The number of anilines is 1. The van der Waals surface area contributed by atoms with Gasteiger partial charge in [-0.3, -0.25) is 0 Å². The van der Waals surface area contributed by atoms with Gasteiger partial charge in [0.1, 0.15) is 5.82 Å². The third kappa shape index (κ3) is 4.05. The van der Waals surface area contributed by atoms with E-state index >= 15 is 0 Å². The van der Waals surface area contributed by atoms with Crippen LogP contribution in [0, 0.1) is 5.82 Å². The minimum absolute atomic E-state index is 0.303. The van der Waals surface area contributed by atoms with E-state index in [4.69, 9.17) is 26.4 Å². The fourth-order valence-electron chi connectivity index (χ4n) is 2.21. The lowest BCUT2D eigenvalue weighted by Gasteiger charge is -2.17. The van der Waals surface area contributed by atoms with Gasteiger partial charge < -0.3 is 24.8 Å². The van der Waals surface area contributed by atoms with E-state index < -0.39 is 0 Å². The van der Waals surface area contributed by atoms with E-state index in [1.54, 1.807) is 45.6 Å². The number of thiocarbonyl (C=S) groups is 1. The molecule has 2 aromatic carbocycles. The Morgan fingerprint density at radius 2 is 1.71 bits per heavy atom. The maximum Gasteiger partial charge on any atom is 0.203 e. The second-order valence-corrected chi connectivity index (χ2v) is 5.19. The summed E-state index contributed by atoms with van der Waals surface area (Å²) in [6, 6.07) is 9.95. The minimum Gasteiger partial charge on any atom is -0.493 e. The molecule has 0 bridgehead atoms. The lowest BCUT2D eigenvalue weighted by Crippen LogP contribution is -2.28. The normalized spacial score (nSPS) is 10.0. The van der Waals surface area contributed by atoms with Crippen molar-refractivity contribution in [1.82, 2.24) is 5.32 Å². The molecule has 0 spiro atoms. The van der Waals surface area contributed by atoms with Gasteiger partial charge in [-0.15, -0.1) is 0 Å². The standard InChI is InChI=1S/C17H19FN2O3S/c1-21-14-9-8-11(15(22-2)16(14)23-3)10-19-17(24)20-13-7-5-4-6-12(13)18/h4-9H,10H2,1-3H3,(H2,19,20,24). The first-order valence-corrected chi connectivity index (χ1v) is 7.58. The van der Waals surface area contributed by atoms with Gasteiger partial charge in [-0.25, -0.2) is 4.39 Å². The summed E-state index contributed by atoms with van der Waals surface area (Å²) >= 11 is 5.20. The Morgan fingerprint density at radius 3 is 2.33 bits per heavy atom. The fourth-order valence-corrected chi connectivity index (χ4v) is 2.39. The minimum atomic E-state index is -0.370. The lowest BCUT2D eigenvalue weighted by atomic mass is 10.1. The first kappa shape index (κ1) is 17.8. The van der Waals surface area contributed by atoms with Crippen LogP contribution < -0.4 is 24.8 Å². The summed E-state index contributed by atoms with van der Waals surface area (Å²) in [6.45, 7) is 0.379. The van der Waals surface area contributed by atoms with Crippen molar-refractivity contribution in [3.05, 3.63) is 47.8 Å². The van der Waals surface area contributed by atoms with E-state index in [-0.39, 0.29) is 5.82 Å². The van der Waals surface area contributed by atoms with Crippen LogP contribution in [0.15, 0.2) is 36.4 Å². The number of nitrogens with one attached hydrogen (secondary N) is 2. The van der Waals surface area contributed by atoms with Crippen molar-refractivity contribution in [2.24, 2.45) is 0 Å². The second-order valence-electron chi connectivity index (χ2n) is 4.78. The zero-order valence-corrected chi connectivity index (χ0v) is 14.5. The van der Waals surface area contributed by atoms with Crippen LogP contribution in [0.3, 0.4) is 0 Å². The monoisotopic (exact) mass is 350 g/mol. The molecule has 128 valence electrons. The zero-order valence-electron chi connectivity index (χ0n) is 13.7. The van der Waals surface area contributed by atoms with Crippen LogP contribution in [0.2, 0.25) is 0 Å². The highest BCUT2D eigenvalue weighted by Gasteiger charge is 2.15. The Kier molecular flexibility index (Phi) is 6.20.